The molecule has 0 atom stereocenters. The summed E-state index contributed by atoms with van der Waals surface area (Å²) in [6.07, 6.45) is -0.361. The van der Waals surface area contributed by atoms with Crippen molar-refractivity contribution in [1.29, 1.82) is 0 Å². The summed E-state index contributed by atoms with van der Waals surface area (Å²) in [5.41, 5.74) is 1.08. The number of rotatable bonds is 5. The molecule has 1 N–H and O–H groups in total. The second-order valence-electron chi connectivity index (χ2n) is 9.06. The highest BCUT2D eigenvalue weighted by Gasteiger charge is 2.23. The standard InChI is InChI=1S/C24H31N3O5.CO2/c1-17-5-6-19-14-20(8-7-18(19)13-17)22(29)31-16-26-9-11-27(12-10-26)21(28)15-25-23(30)32-24(2,3)4;2-1-3/h5-8,13-14H,9-12,15-16H2,1-4H3,(H,25,30);. The van der Waals surface area contributed by atoms with Crippen molar-refractivity contribution in [3.8, 4) is 0 Å². The van der Waals surface area contributed by atoms with E-state index in [0.717, 1.165) is 10.8 Å². The van der Waals surface area contributed by atoms with Gasteiger partial charge in [0.25, 0.3) is 0 Å². The molecule has 1 heterocycles. The van der Waals surface area contributed by atoms with Gasteiger partial charge in [-0.3, -0.25) is 9.69 Å². The minimum absolute atomic E-state index is 0.106. The molecule has 0 spiro atoms. The molecular formula is C25H31N3O7. The monoisotopic (exact) mass is 485 g/mol. The van der Waals surface area contributed by atoms with Crippen LogP contribution in [0.2, 0.25) is 0 Å². The van der Waals surface area contributed by atoms with Crippen molar-refractivity contribution in [1.82, 2.24) is 15.1 Å². The summed E-state index contributed by atoms with van der Waals surface area (Å²) in [4.78, 5) is 56.4. The van der Waals surface area contributed by atoms with Gasteiger partial charge < -0.3 is 19.7 Å². The Labute approximate surface area is 204 Å². The number of carbonyl (C=O) groups excluding carboxylic acids is 5. The fraction of sp³-hybridized carbons (Fsp3) is 0.440. The SMILES string of the molecule is Cc1ccc2cc(C(=O)OCN3CCN(C(=O)CNC(=O)OC(C)(C)C)CC3)ccc2c1.O=C=O. The van der Waals surface area contributed by atoms with E-state index in [1.807, 2.05) is 36.1 Å². The summed E-state index contributed by atoms with van der Waals surface area (Å²) < 4.78 is 10.6. The van der Waals surface area contributed by atoms with E-state index in [0.29, 0.717) is 31.7 Å². The van der Waals surface area contributed by atoms with Crippen LogP contribution in [-0.2, 0) is 23.9 Å². The summed E-state index contributed by atoms with van der Waals surface area (Å²) in [6, 6.07) is 11.6. The number of carbonyl (C=O) groups is 3. The topological polar surface area (TPSA) is 122 Å². The summed E-state index contributed by atoms with van der Waals surface area (Å²) in [5, 5.41) is 4.57. The summed E-state index contributed by atoms with van der Waals surface area (Å²) in [6.45, 7) is 9.57. The molecule has 35 heavy (non-hydrogen) atoms. The number of alkyl carbamates (subject to hydrolysis) is 1. The van der Waals surface area contributed by atoms with Crippen molar-refractivity contribution >= 4 is 34.9 Å². The Bertz CT molecular complexity index is 1080. The van der Waals surface area contributed by atoms with Crippen molar-refractivity contribution in [3.05, 3.63) is 47.5 Å². The maximum atomic E-state index is 12.5. The second-order valence-corrected chi connectivity index (χ2v) is 9.06. The van der Waals surface area contributed by atoms with E-state index >= 15 is 0 Å². The molecule has 188 valence electrons. The van der Waals surface area contributed by atoms with Gasteiger partial charge in [-0.25, -0.2) is 9.59 Å². The van der Waals surface area contributed by atoms with Gasteiger partial charge in [0.2, 0.25) is 5.91 Å². The maximum absolute atomic E-state index is 12.5. The van der Waals surface area contributed by atoms with Crippen LogP contribution in [0.3, 0.4) is 0 Å². The number of aryl methyl sites for hydroxylation is 1. The molecule has 0 bridgehead atoms. The molecule has 0 radical (unpaired) electrons. The fourth-order valence-electron chi connectivity index (χ4n) is 3.43. The molecule has 2 aromatic rings. The number of nitrogens with zero attached hydrogens (tertiary/aromatic N) is 2. The van der Waals surface area contributed by atoms with Crippen LogP contribution < -0.4 is 5.32 Å². The van der Waals surface area contributed by atoms with Crippen molar-refractivity contribution in [3.63, 3.8) is 0 Å². The summed E-state index contributed by atoms with van der Waals surface area (Å²) in [5.74, 6) is -0.536. The maximum Gasteiger partial charge on any atom is 0.408 e. The first-order chi connectivity index (χ1) is 16.5. The third-order valence-corrected chi connectivity index (χ3v) is 5.12. The Morgan fingerprint density at radius 1 is 0.971 bits per heavy atom. The minimum Gasteiger partial charge on any atom is -0.446 e. The molecule has 0 saturated carbocycles. The Morgan fingerprint density at radius 3 is 2.20 bits per heavy atom. The molecule has 1 aliphatic rings. The normalized spacial score (nSPS) is 13.8. The number of benzene rings is 2. The first kappa shape index (κ1) is 27.5. The molecule has 3 rings (SSSR count). The second kappa shape index (κ2) is 12.6. The van der Waals surface area contributed by atoms with E-state index in [4.69, 9.17) is 19.1 Å². The number of hydrogen-bond acceptors (Lipinski definition) is 8. The zero-order chi connectivity index (χ0) is 26.0. The largest absolute Gasteiger partial charge is 0.446 e. The van der Waals surface area contributed by atoms with E-state index in [1.165, 1.54) is 5.56 Å². The predicted molar refractivity (Wildman–Crippen MR) is 126 cm³/mol. The number of hydrogen-bond donors (Lipinski definition) is 1. The Balaban J connectivity index is 0.00000137. The van der Waals surface area contributed by atoms with Gasteiger partial charge in [-0.15, -0.1) is 0 Å². The third kappa shape index (κ3) is 9.19. The first-order valence-corrected chi connectivity index (χ1v) is 11.2. The molecule has 0 unspecified atom stereocenters. The van der Waals surface area contributed by atoms with Crippen molar-refractivity contribution in [2.45, 2.75) is 33.3 Å². The molecule has 10 heteroatoms. The lowest BCUT2D eigenvalue weighted by molar-refractivity contribution is -0.191. The lowest BCUT2D eigenvalue weighted by Crippen LogP contribution is -2.51. The van der Waals surface area contributed by atoms with Gasteiger partial charge in [0.05, 0.1) is 5.56 Å². The Kier molecular flexibility index (Phi) is 9.93. The minimum atomic E-state index is -0.611. The molecule has 1 saturated heterocycles. The number of ether oxygens (including phenoxy) is 2. The number of piperazine rings is 1. The van der Waals surface area contributed by atoms with Gasteiger partial charge in [0, 0.05) is 26.2 Å². The van der Waals surface area contributed by atoms with Gasteiger partial charge in [-0.05, 0) is 50.6 Å². The van der Waals surface area contributed by atoms with Crippen LogP contribution in [0.15, 0.2) is 36.4 Å². The highest BCUT2D eigenvalue weighted by atomic mass is 16.6. The van der Waals surface area contributed by atoms with E-state index in [1.54, 1.807) is 31.7 Å². The molecule has 0 aliphatic carbocycles. The van der Waals surface area contributed by atoms with E-state index < -0.39 is 11.7 Å². The molecule has 1 fully saturated rings. The molecular weight excluding hydrogens is 454 g/mol. The first-order valence-electron chi connectivity index (χ1n) is 11.2. The Morgan fingerprint density at radius 2 is 1.57 bits per heavy atom. The number of esters is 1. The smallest absolute Gasteiger partial charge is 0.408 e. The van der Waals surface area contributed by atoms with Gasteiger partial charge in [-0.2, -0.15) is 9.59 Å². The number of amides is 2. The molecule has 2 amide bonds. The van der Waals surface area contributed by atoms with Crippen LogP contribution in [0.1, 0.15) is 36.7 Å². The van der Waals surface area contributed by atoms with Gasteiger partial charge in [0.15, 0.2) is 0 Å². The van der Waals surface area contributed by atoms with Crippen LogP contribution in [-0.4, -0.2) is 79.0 Å². The van der Waals surface area contributed by atoms with E-state index in [2.05, 4.69) is 11.4 Å². The fourth-order valence-corrected chi connectivity index (χ4v) is 3.43. The highest BCUT2D eigenvalue weighted by molar-refractivity contribution is 5.95. The zero-order valence-electron chi connectivity index (χ0n) is 20.5. The number of fused-ring (bicyclic) bond motifs is 1. The van der Waals surface area contributed by atoms with Gasteiger partial charge in [-0.1, -0.05) is 29.8 Å². The van der Waals surface area contributed by atoms with Crippen molar-refractivity contribution in [2.24, 2.45) is 0 Å². The van der Waals surface area contributed by atoms with Crippen molar-refractivity contribution < 1.29 is 33.4 Å². The van der Waals surface area contributed by atoms with Crippen LogP contribution in [0.5, 0.6) is 0 Å². The van der Waals surface area contributed by atoms with Crippen LogP contribution in [0.4, 0.5) is 4.79 Å². The lowest BCUT2D eigenvalue weighted by Gasteiger charge is -2.34. The van der Waals surface area contributed by atoms with Crippen LogP contribution in [0, 0.1) is 6.92 Å². The highest BCUT2D eigenvalue weighted by Crippen LogP contribution is 2.18. The van der Waals surface area contributed by atoms with Crippen molar-refractivity contribution in [2.75, 3.05) is 39.5 Å². The van der Waals surface area contributed by atoms with E-state index in [9.17, 15) is 14.4 Å². The van der Waals surface area contributed by atoms with Crippen LogP contribution in [0.25, 0.3) is 10.8 Å². The van der Waals surface area contributed by atoms with Gasteiger partial charge in [0.1, 0.15) is 18.9 Å². The third-order valence-electron chi connectivity index (χ3n) is 5.12. The van der Waals surface area contributed by atoms with Gasteiger partial charge >= 0.3 is 18.2 Å². The Hall–Kier alpha value is -3.75. The summed E-state index contributed by atoms with van der Waals surface area (Å²) >= 11 is 0. The van der Waals surface area contributed by atoms with Crippen LogP contribution >= 0.6 is 0 Å². The molecule has 2 aromatic carbocycles. The number of nitrogens with one attached hydrogen (secondary N) is 1. The average Bonchev–Trinajstić information content (AvgIpc) is 2.80. The molecule has 1 aliphatic heterocycles. The molecule has 0 aromatic heterocycles. The molecule has 10 nitrogen and oxygen atoms in total. The lowest BCUT2D eigenvalue weighted by atomic mass is 10.0. The average molecular weight is 486 g/mol. The predicted octanol–water partition coefficient (Wildman–Crippen LogP) is 2.35. The van der Waals surface area contributed by atoms with E-state index in [-0.39, 0.29) is 31.3 Å². The quantitative estimate of drug-likeness (QED) is 0.641. The zero-order valence-corrected chi connectivity index (χ0v) is 20.5. The summed E-state index contributed by atoms with van der Waals surface area (Å²) in [7, 11) is 0.